The van der Waals surface area contributed by atoms with Crippen molar-refractivity contribution in [2.45, 2.75) is 20.3 Å². The van der Waals surface area contributed by atoms with Crippen LogP contribution >= 0.6 is 0 Å². The molecule has 0 aliphatic rings. The van der Waals surface area contributed by atoms with Crippen molar-refractivity contribution >= 4 is 0 Å². The Kier molecular flexibility index (Phi) is 4.65. The molecule has 62 valence electrons. The lowest BCUT2D eigenvalue weighted by molar-refractivity contribution is -0.908. The summed E-state index contributed by atoms with van der Waals surface area (Å²) in [6, 6.07) is 0. The van der Waals surface area contributed by atoms with E-state index in [2.05, 4.69) is 20.9 Å². The van der Waals surface area contributed by atoms with Crippen LogP contribution in [0.15, 0.2) is 0 Å². The number of hydrogen-bond acceptors (Lipinski definition) is 1. The first-order valence-corrected chi connectivity index (χ1v) is 4.13. The molecule has 0 amide bonds. The largest absolute Gasteiger partial charge is 0.391 e. The van der Waals surface area contributed by atoms with Crippen molar-refractivity contribution in [3.63, 3.8) is 0 Å². The molecule has 0 aromatic carbocycles. The van der Waals surface area contributed by atoms with Crippen molar-refractivity contribution < 1.29 is 9.59 Å². The van der Waals surface area contributed by atoms with Gasteiger partial charge in [0.25, 0.3) is 0 Å². The average molecular weight is 146 g/mol. The zero-order chi connectivity index (χ0) is 8.04. The topological polar surface area (TPSA) is 20.2 Å². The molecule has 1 unspecified atom stereocenters. The Labute approximate surface area is 64.1 Å². The van der Waals surface area contributed by atoms with E-state index in [0.717, 1.165) is 17.6 Å². The SMILES string of the molecule is CCC[N+](C)(CC)CCO. The highest BCUT2D eigenvalue weighted by Gasteiger charge is 2.15. The van der Waals surface area contributed by atoms with Crippen LogP contribution in [0.2, 0.25) is 0 Å². The summed E-state index contributed by atoms with van der Waals surface area (Å²) in [5.74, 6) is 0. The summed E-state index contributed by atoms with van der Waals surface area (Å²) in [6.07, 6.45) is 1.20. The molecule has 0 bridgehead atoms. The third-order valence-electron chi connectivity index (χ3n) is 2.17. The lowest BCUT2D eigenvalue weighted by atomic mass is 10.3. The molecular formula is C8H20NO+. The Hall–Kier alpha value is -0.0800. The number of quaternary nitrogens is 1. The fraction of sp³-hybridized carbons (Fsp3) is 1.00. The smallest absolute Gasteiger partial charge is 0.102 e. The molecule has 2 nitrogen and oxygen atoms in total. The third kappa shape index (κ3) is 3.18. The van der Waals surface area contributed by atoms with Crippen LogP contribution in [0.25, 0.3) is 0 Å². The molecule has 0 saturated carbocycles. The van der Waals surface area contributed by atoms with Crippen LogP contribution in [0.5, 0.6) is 0 Å². The number of nitrogens with zero attached hydrogens (tertiary/aromatic N) is 1. The molecular weight excluding hydrogens is 126 g/mol. The predicted octanol–water partition coefficient (Wildman–Crippen LogP) is 0.855. The number of rotatable bonds is 5. The van der Waals surface area contributed by atoms with E-state index in [1.54, 1.807) is 0 Å². The van der Waals surface area contributed by atoms with Crippen LogP contribution in [0.4, 0.5) is 0 Å². The maximum atomic E-state index is 8.74. The van der Waals surface area contributed by atoms with Crippen LogP contribution in [-0.4, -0.2) is 42.9 Å². The second kappa shape index (κ2) is 4.69. The predicted molar refractivity (Wildman–Crippen MR) is 43.8 cm³/mol. The van der Waals surface area contributed by atoms with Gasteiger partial charge in [0.2, 0.25) is 0 Å². The van der Waals surface area contributed by atoms with Crippen molar-refractivity contribution in [1.29, 1.82) is 0 Å². The average Bonchev–Trinajstić information content (AvgIpc) is 1.89. The minimum Gasteiger partial charge on any atom is -0.391 e. The molecule has 0 saturated heterocycles. The molecule has 0 aromatic heterocycles. The van der Waals surface area contributed by atoms with Gasteiger partial charge in [0.1, 0.15) is 6.54 Å². The Morgan fingerprint density at radius 2 is 1.80 bits per heavy atom. The van der Waals surface area contributed by atoms with Gasteiger partial charge in [-0.15, -0.1) is 0 Å². The quantitative estimate of drug-likeness (QED) is 0.570. The summed E-state index contributed by atoms with van der Waals surface area (Å²) >= 11 is 0. The summed E-state index contributed by atoms with van der Waals surface area (Å²) in [6.45, 7) is 7.86. The standard InChI is InChI=1S/C8H20NO/c1-4-6-9(3,5-2)7-8-10/h10H,4-8H2,1-3H3/q+1. The van der Waals surface area contributed by atoms with E-state index in [1.807, 2.05) is 0 Å². The summed E-state index contributed by atoms with van der Waals surface area (Å²) in [4.78, 5) is 0. The van der Waals surface area contributed by atoms with Gasteiger partial charge in [0.15, 0.2) is 0 Å². The zero-order valence-electron chi connectivity index (χ0n) is 7.43. The van der Waals surface area contributed by atoms with E-state index in [1.165, 1.54) is 13.0 Å². The summed E-state index contributed by atoms with van der Waals surface area (Å²) in [7, 11) is 2.19. The minimum atomic E-state index is 0.310. The van der Waals surface area contributed by atoms with E-state index in [0.29, 0.717) is 6.61 Å². The summed E-state index contributed by atoms with van der Waals surface area (Å²) in [5.41, 5.74) is 0. The maximum Gasteiger partial charge on any atom is 0.102 e. The molecule has 2 heteroatoms. The lowest BCUT2D eigenvalue weighted by Crippen LogP contribution is -2.46. The van der Waals surface area contributed by atoms with Crippen LogP contribution in [0.3, 0.4) is 0 Å². The number of hydrogen-bond donors (Lipinski definition) is 1. The van der Waals surface area contributed by atoms with E-state index in [4.69, 9.17) is 5.11 Å². The van der Waals surface area contributed by atoms with Crippen LogP contribution < -0.4 is 0 Å². The summed E-state index contributed by atoms with van der Waals surface area (Å²) < 4.78 is 1.01. The number of aliphatic hydroxyl groups is 1. The first-order valence-electron chi connectivity index (χ1n) is 4.13. The van der Waals surface area contributed by atoms with Gasteiger partial charge in [-0.05, 0) is 13.3 Å². The highest BCUT2D eigenvalue weighted by Crippen LogP contribution is 2.01. The van der Waals surface area contributed by atoms with Crippen molar-refractivity contribution in [2.24, 2.45) is 0 Å². The van der Waals surface area contributed by atoms with Crippen LogP contribution in [-0.2, 0) is 0 Å². The molecule has 0 spiro atoms. The van der Waals surface area contributed by atoms with E-state index in [9.17, 15) is 0 Å². The van der Waals surface area contributed by atoms with Crippen molar-refractivity contribution in [2.75, 3.05) is 33.3 Å². The molecule has 0 heterocycles. The Bertz CT molecular complexity index is 77.3. The van der Waals surface area contributed by atoms with Gasteiger partial charge in [-0.1, -0.05) is 6.92 Å². The van der Waals surface area contributed by atoms with Gasteiger partial charge >= 0.3 is 0 Å². The van der Waals surface area contributed by atoms with Gasteiger partial charge in [-0.3, -0.25) is 0 Å². The van der Waals surface area contributed by atoms with Crippen LogP contribution in [0.1, 0.15) is 20.3 Å². The van der Waals surface area contributed by atoms with Gasteiger partial charge in [0.05, 0.1) is 26.7 Å². The minimum absolute atomic E-state index is 0.310. The third-order valence-corrected chi connectivity index (χ3v) is 2.17. The summed E-state index contributed by atoms with van der Waals surface area (Å²) in [5, 5.41) is 8.74. The van der Waals surface area contributed by atoms with Gasteiger partial charge in [-0.25, -0.2) is 0 Å². The molecule has 10 heavy (non-hydrogen) atoms. The first kappa shape index (κ1) is 9.92. The molecule has 0 aliphatic heterocycles. The molecule has 0 aliphatic carbocycles. The number of aliphatic hydroxyl groups excluding tert-OH is 1. The van der Waals surface area contributed by atoms with Crippen LogP contribution in [0, 0.1) is 0 Å². The fourth-order valence-electron chi connectivity index (χ4n) is 1.21. The molecule has 1 N–H and O–H groups in total. The second-order valence-corrected chi connectivity index (χ2v) is 3.11. The molecule has 0 fully saturated rings. The monoisotopic (exact) mass is 146 g/mol. The molecule has 0 radical (unpaired) electrons. The van der Waals surface area contributed by atoms with E-state index < -0.39 is 0 Å². The molecule has 0 aromatic rings. The second-order valence-electron chi connectivity index (χ2n) is 3.11. The highest BCUT2D eigenvalue weighted by molar-refractivity contribution is 4.34. The van der Waals surface area contributed by atoms with Crippen molar-refractivity contribution in [3.05, 3.63) is 0 Å². The van der Waals surface area contributed by atoms with Gasteiger partial charge < -0.3 is 9.59 Å². The fourth-order valence-corrected chi connectivity index (χ4v) is 1.21. The van der Waals surface area contributed by atoms with E-state index in [-0.39, 0.29) is 0 Å². The maximum absolute atomic E-state index is 8.74. The highest BCUT2D eigenvalue weighted by atomic mass is 16.3. The van der Waals surface area contributed by atoms with Gasteiger partial charge in [0, 0.05) is 0 Å². The van der Waals surface area contributed by atoms with E-state index >= 15 is 0 Å². The molecule has 0 rings (SSSR count). The van der Waals surface area contributed by atoms with Gasteiger partial charge in [-0.2, -0.15) is 0 Å². The Balaban J connectivity index is 3.69. The van der Waals surface area contributed by atoms with Crippen molar-refractivity contribution in [1.82, 2.24) is 0 Å². The Morgan fingerprint density at radius 3 is 2.10 bits per heavy atom. The normalized spacial score (nSPS) is 16.8. The zero-order valence-corrected chi connectivity index (χ0v) is 7.43. The lowest BCUT2D eigenvalue weighted by Gasteiger charge is -2.32. The van der Waals surface area contributed by atoms with Crippen molar-refractivity contribution in [3.8, 4) is 0 Å². The first-order chi connectivity index (χ1) is 4.68. The molecule has 1 atom stereocenters. The Morgan fingerprint density at radius 1 is 1.20 bits per heavy atom. The number of likely N-dealkylation sites (N-methyl/N-ethyl adjacent to an activating group) is 1.